The molecular weight excluding hydrogens is 376 g/mol. The van der Waals surface area contributed by atoms with Crippen LogP contribution in [0.15, 0.2) is 24.3 Å². The van der Waals surface area contributed by atoms with E-state index in [1.165, 1.54) is 17.5 Å². The fourth-order valence-corrected chi connectivity index (χ4v) is 4.03. The van der Waals surface area contributed by atoms with Gasteiger partial charge in [-0.1, -0.05) is 24.3 Å². The second-order valence-electron chi connectivity index (χ2n) is 7.64. The van der Waals surface area contributed by atoms with Gasteiger partial charge >= 0.3 is 6.03 Å². The molecule has 7 heteroatoms. The maximum Gasteiger partial charge on any atom is 0.317 e. The molecule has 0 saturated carbocycles. The Kier molecular flexibility index (Phi) is 9.06. The summed E-state index contributed by atoms with van der Waals surface area (Å²) in [5.74, 6) is 0.884. The molecular formula is C21H33ClN4O2. The Balaban J connectivity index is 0.00000280. The predicted octanol–water partition coefficient (Wildman–Crippen LogP) is 2.41. The summed E-state index contributed by atoms with van der Waals surface area (Å²) in [5, 5.41) is 6.12. The van der Waals surface area contributed by atoms with Gasteiger partial charge in [-0.3, -0.25) is 4.79 Å². The standard InChI is InChI=1S/C21H32N4O2.ClH/c1-22-11-6-17-8-13-24(14-9-17)20(26)7-12-23-21(27)25-15-10-18-4-2-3-5-19(18)16-25;/h2-5,17,22H,6-16H2,1H3,(H,23,27);1H. The minimum atomic E-state index is -0.0666. The SMILES string of the molecule is CNCCC1CCN(C(=O)CCNC(=O)N2CCc3ccccc3C2)CC1.Cl. The van der Waals surface area contributed by atoms with E-state index < -0.39 is 0 Å². The first-order valence-electron chi connectivity index (χ1n) is 10.2. The average Bonchev–Trinajstić information content (AvgIpc) is 2.72. The fourth-order valence-electron chi connectivity index (χ4n) is 4.03. The van der Waals surface area contributed by atoms with E-state index in [-0.39, 0.29) is 24.3 Å². The van der Waals surface area contributed by atoms with E-state index in [1.807, 2.05) is 29.0 Å². The molecule has 0 bridgehead atoms. The number of hydrogen-bond donors (Lipinski definition) is 2. The van der Waals surface area contributed by atoms with Gasteiger partial charge in [-0.25, -0.2) is 4.79 Å². The van der Waals surface area contributed by atoms with Gasteiger partial charge in [-0.15, -0.1) is 12.4 Å². The Morgan fingerprint density at radius 2 is 1.75 bits per heavy atom. The summed E-state index contributed by atoms with van der Waals surface area (Å²) in [6, 6.07) is 8.21. The highest BCUT2D eigenvalue weighted by Crippen LogP contribution is 2.20. The summed E-state index contributed by atoms with van der Waals surface area (Å²) in [4.78, 5) is 28.6. The van der Waals surface area contributed by atoms with Gasteiger partial charge in [0.05, 0.1) is 0 Å². The molecule has 1 aromatic carbocycles. The average molecular weight is 409 g/mol. The molecule has 6 nitrogen and oxygen atoms in total. The summed E-state index contributed by atoms with van der Waals surface area (Å²) in [6.07, 6.45) is 4.65. The maximum absolute atomic E-state index is 12.4. The van der Waals surface area contributed by atoms with Gasteiger partial charge in [-0.05, 0) is 56.3 Å². The van der Waals surface area contributed by atoms with Crippen LogP contribution in [0.4, 0.5) is 4.79 Å². The molecule has 1 saturated heterocycles. The molecule has 0 atom stereocenters. The number of likely N-dealkylation sites (tertiary alicyclic amines) is 1. The number of rotatable bonds is 6. The normalized spacial score (nSPS) is 16.9. The predicted molar refractivity (Wildman–Crippen MR) is 114 cm³/mol. The van der Waals surface area contributed by atoms with Crippen LogP contribution in [-0.2, 0) is 17.8 Å². The van der Waals surface area contributed by atoms with Crippen molar-refractivity contribution in [3.63, 3.8) is 0 Å². The Hall–Kier alpha value is -1.79. The number of halogens is 1. The first-order valence-corrected chi connectivity index (χ1v) is 10.2. The zero-order chi connectivity index (χ0) is 19.1. The number of fused-ring (bicyclic) bond motifs is 1. The second-order valence-corrected chi connectivity index (χ2v) is 7.64. The first-order chi connectivity index (χ1) is 13.2. The Bertz CT molecular complexity index is 647. The van der Waals surface area contributed by atoms with Crippen LogP contribution in [0.25, 0.3) is 0 Å². The summed E-state index contributed by atoms with van der Waals surface area (Å²) >= 11 is 0. The number of piperidine rings is 1. The van der Waals surface area contributed by atoms with E-state index in [4.69, 9.17) is 0 Å². The van der Waals surface area contributed by atoms with E-state index in [1.54, 1.807) is 0 Å². The maximum atomic E-state index is 12.4. The van der Waals surface area contributed by atoms with Crippen LogP contribution in [0.1, 0.15) is 36.8 Å². The van der Waals surface area contributed by atoms with Crippen molar-refractivity contribution < 1.29 is 9.59 Å². The third kappa shape index (κ3) is 6.11. The van der Waals surface area contributed by atoms with Crippen molar-refractivity contribution in [2.24, 2.45) is 5.92 Å². The highest BCUT2D eigenvalue weighted by molar-refractivity contribution is 5.85. The number of amides is 3. The molecule has 28 heavy (non-hydrogen) atoms. The van der Waals surface area contributed by atoms with E-state index in [9.17, 15) is 9.59 Å². The van der Waals surface area contributed by atoms with Crippen molar-refractivity contribution in [3.05, 3.63) is 35.4 Å². The summed E-state index contributed by atoms with van der Waals surface area (Å²) in [7, 11) is 1.98. The van der Waals surface area contributed by atoms with Gasteiger partial charge < -0.3 is 20.4 Å². The lowest BCUT2D eigenvalue weighted by Crippen LogP contribution is -2.44. The molecule has 3 amide bonds. The van der Waals surface area contributed by atoms with Gasteiger partial charge in [0, 0.05) is 39.1 Å². The van der Waals surface area contributed by atoms with Gasteiger partial charge in [0.2, 0.25) is 5.91 Å². The molecule has 0 aromatic heterocycles. The molecule has 2 heterocycles. The van der Waals surface area contributed by atoms with Crippen molar-refractivity contribution >= 4 is 24.3 Å². The van der Waals surface area contributed by atoms with E-state index in [0.29, 0.717) is 19.5 Å². The Morgan fingerprint density at radius 3 is 2.46 bits per heavy atom. The van der Waals surface area contributed by atoms with Crippen molar-refractivity contribution in [3.8, 4) is 0 Å². The van der Waals surface area contributed by atoms with Gasteiger partial charge in [-0.2, -0.15) is 0 Å². The molecule has 1 fully saturated rings. The van der Waals surface area contributed by atoms with E-state index >= 15 is 0 Å². The van der Waals surface area contributed by atoms with Crippen LogP contribution in [0.3, 0.4) is 0 Å². The fraction of sp³-hybridized carbons (Fsp3) is 0.619. The van der Waals surface area contributed by atoms with Gasteiger partial charge in [0.15, 0.2) is 0 Å². The smallest absolute Gasteiger partial charge is 0.317 e. The van der Waals surface area contributed by atoms with Gasteiger partial charge in [0.1, 0.15) is 0 Å². The quantitative estimate of drug-likeness (QED) is 0.759. The van der Waals surface area contributed by atoms with E-state index in [0.717, 1.165) is 51.4 Å². The number of benzene rings is 1. The minimum absolute atomic E-state index is 0. The van der Waals surface area contributed by atoms with Crippen LogP contribution in [-0.4, -0.2) is 61.5 Å². The highest BCUT2D eigenvalue weighted by Gasteiger charge is 2.23. The third-order valence-electron chi connectivity index (χ3n) is 5.80. The molecule has 156 valence electrons. The highest BCUT2D eigenvalue weighted by atomic mass is 35.5. The largest absolute Gasteiger partial charge is 0.343 e. The molecule has 0 unspecified atom stereocenters. The topological polar surface area (TPSA) is 64.7 Å². The van der Waals surface area contributed by atoms with Crippen LogP contribution in [0, 0.1) is 5.92 Å². The van der Waals surface area contributed by atoms with Crippen LogP contribution < -0.4 is 10.6 Å². The number of urea groups is 1. The molecule has 2 N–H and O–H groups in total. The molecule has 1 aromatic rings. The summed E-state index contributed by atoms with van der Waals surface area (Å²) in [6.45, 7) is 4.54. The monoisotopic (exact) mass is 408 g/mol. The number of carbonyl (C=O) groups is 2. The van der Waals surface area contributed by atoms with Crippen LogP contribution >= 0.6 is 12.4 Å². The van der Waals surface area contributed by atoms with Crippen molar-refractivity contribution in [1.82, 2.24) is 20.4 Å². The second kappa shape index (κ2) is 11.3. The summed E-state index contributed by atoms with van der Waals surface area (Å²) in [5.41, 5.74) is 2.55. The Morgan fingerprint density at radius 1 is 1.04 bits per heavy atom. The lowest BCUT2D eigenvalue weighted by atomic mass is 9.93. The number of carbonyl (C=O) groups excluding carboxylic acids is 2. The first kappa shape index (κ1) is 22.5. The lowest BCUT2D eigenvalue weighted by Gasteiger charge is -2.32. The van der Waals surface area contributed by atoms with Crippen molar-refractivity contribution in [1.29, 1.82) is 0 Å². The molecule has 0 radical (unpaired) electrons. The molecule has 0 spiro atoms. The number of nitrogens with one attached hydrogen (secondary N) is 2. The van der Waals surface area contributed by atoms with Crippen LogP contribution in [0.2, 0.25) is 0 Å². The zero-order valence-electron chi connectivity index (χ0n) is 16.8. The van der Waals surface area contributed by atoms with Crippen molar-refractivity contribution in [2.75, 3.05) is 39.8 Å². The summed E-state index contributed by atoms with van der Waals surface area (Å²) < 4.78 is 0. The van der Waals surface area contributed by atoms with Gasteiger partial charge in [0.25, 0.3) is 0 Å². The molecule has 2 aliphatic heterocycles. The Labute approximate surface area is 174 Å². The van der Waals surface area contributed by atoms with E-state index in [2.05, 4.69) is 22.8 Å². The van der Waals surface area contributed by atoms with Crippen LogP contribution in [0.5, 0.6) is 0 Å². The zero-order valence-corrected chi connectivity index (χ0v) is 17.6. The molecule has 2 aliphatic rings. The minimum Gasteiger partial charge on any atom is -0.343 e. The van der Waals surface area contributed by atoms with Crippen molar-refractivity contribution in [2.45, 2.75) is 38.6 Å². The lowest BCUT2D eigenvalue weighted by molar-refractivity contribution is -0.132. The number of hydrogen-bond acceptors (Lipinski definition) is 3. The molecule has 3 rings (SSSR count). The number of nitrogens with zero attached hydrogens (tertiary/aromatic N) is 2. The molecule has 0 aliphatic carbocycles. The third-order valence-corrected chi connectivity index (χ3v) is 5.80.